The second kappa shape index (κ2) is 5.53. The summed E-state index contributed by atoms with van der Waals surface area (Å²) >= 11 is 11.8. The van der Waals surface area contributed by atoms with Crippen molar-refractivity contribution in [1.29, 1.82) is 10.7 Å². The molecule has 0 atom stereocenters. The van der Waals surface area contributed by atoms with E-state index in [4.69, 9.17) is 39.6 Å². The molecule has 0 saturated carbocycles. The number of nitrogens with zero attached hydrogens (tertiary/aromatic N) is 2. The number of hydrogen-bond donors (Lipinski definition) is 3. The van der Waals surface area contributed by atoms with Gasteiger partial charge in [0, 0.05) is 5.02 Å². The van der Waals surface area contributed by atoms with Crippen LogP contribution in [0.4, 0.5) is 5.69 Å². The standard InChI is InChI=1S/C10H9Cl2N5/c1-5-2-6(11)3-7(12)9(5)17-16-8(4-13)10(14)15/h2-3,17H,1H3,(H3,14,15)/b16-8+. The summed E-state index contributed by atoms with van der Waals surface area (Å²) in [6.45, 7) is 1.79. The maximum absolute atomic E-state index is 8.66. The quantitative estimate of drug-likeness (QED) is 0.447. The molecule has 4 N–H and O–H groups in total. The van der Waals surface area contributed by atoms with Crippen LogP contribution in [-0.4, -0.2) is 11.5 Å². The summed E-state index contributed by atoms with van der Waals surface area (Å²) in [5.41, 5.74) is 8.82. The van der Waals surface area contributed by atoms with Gasteiger partial charge >= 0.3 is 0 Å². The van der Waals surface area contributed by atoms with E-state index in [1.165, 1.54) is 0 Å². The van der Waals surface area contributed by atoms with E-state index in [0.29, 0.717) is 15.7 Å². The Labute approximate surface area is 108 Å². The maximum Gasteiger partial charge on any atom is 0.201 e. The number of anilines is 1. The third-order valence-corrected chi connectivity index (χ3v) is 2.41. The van der Waals surface area contributed by atoms with Crippen molar-refractivity contribution in [3.8, 4) is 6.07 Å². The van der Waals surface area contributed by atoms with Crippen molar-refractivity contribution >= 4 is 40.4 Å². The van der Waals surface area contributed by atoms with Crippen LogP contribution in [0.3, 0.4) is 0 Å². The normalized spacial score (nSPS) is 10.8. The first-order chi connectivity index (χ1) is 7.95. The zero-order valence-electron chi connectivity index (χ0n) is 8.88. The molecule has 0 heterocycles. The molecule has 0 radical (unpaired) electrons. The van der Waals surface area contributed by atoms with Gasteiger partial charge in [-0.2, -0.15) is 10.4 Å². The maximum atomic E-state index is 8.66. The van der Waals surface area contributed by atoms with Gasteiger partial charge in [0.15, 0.2) is 5.84 Å². The van der Waals surface area contributed by atoms with Gasteiger partial charge in [0.05, 0.1) is 10.7 Å². The third-order valence-electron chi connectivity index (χ3n) is 1.89. The Bertz CT molecular complexity index is 507. The topological polar surface area (TPSA) is 98.0 Å². The highest BCUT2D eigenvalue weighted by atomic mass is 35.5. The van der Waals surface area contributed by atoms with Crippen LogP contribution in [-0.2, 0) is 0 Å². The number of benzene rings is 1. The number of hydrazone groups is 1. The van der Waals surface area contributed by atoms with E-state index in [2.05, 4.69) is 10.5 Å². The molecule has 1 aromatic carbocycles. The van der Waals surface area contributed by atoms with Gasteiger partial charge in [0.1, 0.15) is 6.07 Å². The average Bonchev–Trinajstić information content (AvgIpc) is 2.21. The molecule has 0 aliphatic carbocycles. The van der Waals surface area contributed by atoms with E-state index >= 15 is 0 Å². The van der Waals surface area contributed by atoms with Gasteiger partial charge in [-0.3, -0.25) is 10.8 Å². The van der Waals surface area contributed by atoms with E-state index in [1.54, 1.807) is 25.1 Å². The highest BCUT2D eigenvalue weighted by Gasteiger charge is 2.07. The van der Waals surface area contributed by atoms with Gasteiger partial charge in [0.2, 0.25) is 5.71 Å². The lowest BCUT2D eigenvalue weighted by Gasteiger charge is -2.08. The molecule has 0 bridgehead atoms. The van der Waals surface area contributed by atoms with E-state index in [-0.39, 0.29) is 5.71 Å². The van der Waals surface area contributed by atoms with Crippen LogP contribution in [0.5, 0.6) is 0 Å². The third kappa shape index (κ3) is 3.34. The molecular formula is C10H9Cl2N5. The Balaban J connectivity index is 3.05. The Morgan fingerprint density at radius 1 is 1.53 bits per heavy atom. The predicted octanol–water partition coefficient (Wildman–Crippen LogP) is 2.53. The molecule has 5 nitrogen and oxygen atoms in total. The van der Waals surface area contributed by atoms with Crippen LogP contribution in [0.25, 0.3) is 0 Å². The van der Waals surface area contributed by atoms with Crippen molar-refractivity contribution in [2.24, 2.45) is 10.8 Å². The number of hydrogen-bond acceptors (Lipinski definition) is 4. The molecule has 0 saturated heterocycles. The van der Waals surface area contributed by atoms with Crippen molar-refractivity contribution in [2.45, 2.75) is 6.92 Å². The molecule has 0 aromatic heterocycles. The van der Waals surface area contributed by atoms with Gasteiger partial charge < -0.3 is 5.73 Å². The molecule has 0 amide bonds. The monoisotopic (exact) mass is 269 g/mol. The summed E-state index contributed by atoms with van der Waals surface area (Å²) in [5, 5.41) is 20.3. The summed E-state index contributed by atoms with van der Waals surface area (Å²) in [7, 11) is 0. The fraction of sp³-hybridized carbons (Fsp3) is 0.100. The van der Waals surface area contributed by atoms with E-state index < -0.39 is 5.84 Å². The van der Waals surface area contributed by atoms with Crippen LogP contribution >= 0.6 is 23.2 Å². The van der Waals surface area contributed by atoms with Gasteiger partial charge in [-0.05, 0) is 24.6 Å². The molecule has 1 aromatic rings. The van der Waals surface area contributed by atoms with E-state index in [0.717, 1.165) is 5.56 Å². The van der Waals surface area contributed by atoms with Crippen molar-refractivity contribution in [1.82, 2.24) is 0 Å². The molecule has 17 heavy (non-hydrogen) atoms. The van der Waals surface area contributed by atoms with E-state index in [9.17, 15) is 0 Å². The van der Waals surface area contributed by atoms with Crippen molar-refractivity contribution < 1.29 is 0 Å². The molecule has 0 unspecified atom stereocenters. The zero-order chi connectivity index (χ0) is 13.0. The van der Waals surface area contributed by atoms with Crippen LogP contribution in [0.1, 0.15) is 5.56 Å². The van der Waals surface area contributed by atoms with Crippen molar-refractivity contribution in [3.05, 3.63) is 27.7 Å². The predicted molar refractivity (Wildman–Crippen MR) is 69.8 cm³/mol. The van der Waals surface area contributed by atoms with Crippen molar-refractivity contribution in [3.63, 3.8) is 0 Å². The molecular weight excluding hydrogens is 261 g/mol. The van der Waals surface area contributed by atoms with Crippen molar-refractivity contribution in [2.75, 3.05) is 5.43 Å². The Morgan fingerprint density at radius 2 is 2.18 bits per heavy atom. The fourth-order valence-corrected chi connectivity index (χ4v) is 1.74. The lowest BCUT2D eigenvalue weighted by molar-refractivity contribution is 1.30. The van der Waals surface area contributed by atoms with Gasteiger partial charge in [-0.1, -0.05) is 23.2 Å². The summed E-state index contributed by atoms with van der Waals surface area (Å²) < 4.78 is 0. The zero-order valence-corrected chi connectivity index (χ0v) is 10.4. The number of rotatable bonds is 3. The minimum absolute atomic E-state index is 0.213. The molecule has 1 rings (SSSR count). The number of amidine groups is 1. The Kier molecular flexibility index (Phi) is 4.32. The minimum atomic E-state index is -0.414. The largest absolute Gasteiger partial charge is 0.382 e. The molecule has 7 heteroatoms. The van der Waals surface area contributed by atoms with Gasteiger partial charge in [-0.25, -0.2) is 0 Å². The van der Waals surface area contributed by atoms with Crippen LogP contribution in [0.15, 0.2) is 17.2 Å². The number of nitrogens with two attached hydrogens (primary N) is 1. The first-order valence-electron chi connectivity index (χ1n) is 4.49. The molecule has 0 fully saturated rings. The number of nitriles is 1. The molecule has 0 aliphatic rings. The van der Waals surface area contributed by atoms with Crippen LogP contribution < -0.4 is 11.2 Å². The molecule has 0 aliphatic heterocycles. The molecule has 88 valence electrons. The number of aryl methyl sites for hydroxylation is 1. The van der Waals surface area contributed by atoms with Gasteiger partial charge in [-0.15, -0.1) is 0 Å². The fourth-order valence-electron chi connectivity index (χ4n) is 1.10. The second-order valence-corrected chi connectivity index (χ2v) is 4.02. The van der Waals surface area contributed by atoms with E-state index in [1.807, 2.05) is 0 Å². The average molecular weight is 270 g/mol. The summed E-state index contributed by atoms with van der Waals surface area (Å²) in [6.07, 6.45) is 0. The minimum Gasteiger partial charge on any atom is -0.382 e. The van der Waals surface area contributed by atoms with Crippen LogP contribution in [0, 0.1) is 23.7 Å². The highest BCUT2D eigenvalue weighted by molar-refractivity contribution is 6.46. The Morgan fingerprint density at radius 3 is 2.65 bits per heavy atom. The summed E-state index contributed by atoms with van der Waals surface area (Å²) in [5.74, 6) is -0.414. The summed E-state index contributed by atoms with van der Waals surface area (Å²) in [4.78, 5) is 0. The summed E-state index contributed by atoms with van der Waals surface area (Å²) in [6, 6.07) is 4.94. The highest BCUT2D eigenvalue weighted by Crippen LogP contribution is 2.29. The SMILES string of the molecule is Cc1cc(Cl)cc(Cl)c1N/N=C(\C#N)C(=N)N. The molecule has 0 spiro atoms. The van der Waals surface area contributed by atoms with Gasteiger partial charge in [0.25, 0.3) is 0 Å². The first-order valence-corrected chi connectivity index (χ1v) is 5.25. The van der Waals surface area contributed by atoms with Crippen LogP contribution in [0.2, 0.25) is 10.0 Å². The number of halogens is 2. The lowest BCUT2D eigenvalue weighted by atomic mass is 10.2. The number of nitrogens with one attached hydrogen (secondary N) is 2. The second-order valence-electron chi connectivity index (χ2n) is 3.18. The first kappa shape index (κ1) is 13.3. The smallest absolute Gasteiger partial charge is 0.201 e. The Hall–Kier alpha value is -1.77. The lowest BCUT2D eigenvalue weighted by Crippen LogP contribution is -2.22.